The number of hydrogen-bond donors (Lipinski definition) is 0. The van der Waals surface area contributed by atoms with Crippen LogP contribution in [0.1, 0.15) is 5.56 Å². The average Bonchev–Trinajstić information content (AvgIpc) is 3.10. The summed E-state index contributed by atoms with van der Waals surface area (Å²) in [7, 11) is 0. The van der Waals surface area contributed by atoms with Crippen molar-refractivity contribution in [1.29, 1.82) is 0 Å². The molecule has 3 heterocycles. The van der Waals surface area contributed by atoms with Crippen LogP contribution in [0.5, 0.6) is 5.75 Å². The predicted octanol–water partition coefficient (Wildman–Crippen LogP) is 3.44. The van der Waals surface area contributed by atoms with E-state index in [4.69, 9.17) is 9.15 Å². The minimum absolute atomic E-state index is 0.356. The Morgan fingerprint density at radius 2 is 2.04 bits per heavy atom. The molecule has 0 spiro atoms. The third kappa shape index (κ3) is 3.21. The fourth-order valence-electron chi connectivity index (χ4n) is 2.87. The third-order valence-electron chi connectivity index (χ3n) is 4.13. The molecule has 0 aliphatic carbocycles. The van der Waals surface area contributed by atoms with Crippen molar-refractivity contribution in [2.45, 2.75) is 13.5 Å². The second kappa shape index (κ2) is 6.84. The summed E-state index contributed by atoms with van der Waals surface area (Å²) in [5.74, 6) is 1.46. The lowest BCUT2D eigenvalue weighted by atomic mass is 10.1. The number of aromatic nitrogens is 3. The zero-order valence-electron chi connectivity index (χ0n) is 14.3. The molecule has 0 fully saturated rings. The minimum atomic E-state index is -0.356. The molecule has 1 aromatic carbocycles. The van der Waals surface area contributed by atoms with Crippen LogP contribution in [0.15, 0.2) is 70.3 Å². The van der Waals surface area contributed by atoms with Crippen molar-refractivity contribution >= 4 is 11.0 Å². The van der Waals surface area contributed by atoms with Crippen molar-refractivity contribution < 1.29 is 9.15 Å². The third-order valence-corrected chi connectivity index (χ3v) is 4.13. The molecule has 26 heavy (non-hydrogen) atoms. The zero-order chi connectivity index (χ0) is 17.9. The van der Waals surface area contributed by atoms with E-state index >= 15 is 0 Å². The second-order valence-corrected chi connectivity index (χ2v) is 5.91. The van der Waals surface area contributed by atoms with Gasteiger partial charge in [0.1, 0.15) is 23.6 Å². The number of fused-ring (bicyclic) bond motifs is 1. The first-order chi connectivity index (χ1) is 12.7. The summed E-state index contributed by atoms with van der Waals surface area (Å²) in [4.78, 5) is 20.2. The Morgan fingerprint density at radius 1 is 1.12 bits per heavy atom. The molecule has 4 rings (SSSR count). The molecular formula is C20H17N3O3. The molecule has 4 aromatic rings. The van der Waals surface area contributed by atoms with Crippen LogP contribution in [0.3, 0.4) is 0 Å². The van der Waals surface area contributed by atoms with Crippen LogP contribution in [0.2, 0.25) is 0 Å². The number of ether oxygens (including phenoxy) is 1. The van der Waals surface area contributed by atoms with E-state index in [2.05, 4.69) is 9.97 Å². The molecule has 0 atom stereocenters. The Morgan fingerprint density at radius 3 is 2.88 bits per heavy atom. The monoisotopic (exact) mass is 347 g/mol. The average molecular weight is 347 g/mol. The van der Waals surface area contributed by atoms with E-state index in [1.807, 2.05) is 48.0 Å². The van der Waals surface area contributed by atoms with E-state index in [0.717, 1.165) is 22.5 Å². The number of hydrogen-bond acceptors (Lipinski definition) is 5. The molecular weight excluding hydrogens is 330 g/mol. The van der Waals surface area contributed by atoms with Gasteiger partial charge in [0, 0.05) is 36.1 Å². The lowest BCUT2D eigenvalue weighted by Crippen LogP contribution is -2.09. The molecule has 0 N–H and O–H groups in total. The van der Waals surface area contributed by atoms with E-state index < -0.39 is 0 Å². The Hall–Kier alpha value is -3.41. The van der Waals surface area contributed by atoms with E-state index in [1.165, 1.54) is 6.07 Å². The lowest BCUT2D eigenvalue weighted by molar-refractivity contribution is 0.299. The number of benzene rings is 1. The van der Waals surface area contributed by atoms with Crippen LogP contribution in [0.4, 0.5) is 0 Å². The number of imidazole rings is 1. The summed E-state index contributed by atoms with van der Waals surface area (Å²) in [5.41, 5.74) is 1.89. The molecule has 6 nitrogen and oxygen atoms in total. The van der Waals surface area contributed by atoms with Crippen molar-refractivity contribution in [2.75, 3.05) is 6.61 Å². The number of rotatable bonds is 5. The van der Waals surface area contributed by atoms with Gasteiger partial charge < -0.3 is 13.7 Å². The van der Waals surface area contributed by atoms with Crippen LogP contribution in [-0.4, -0.2) is 21.1 Å². The van der Waals surface area contributed by atoms with Gasteiger partial charge in [0.05, 0.1) is 6.54 Å². The minimum Gasteiger partial charge on any atom is -0.492 e. The predicted molar refractivity (Wildman–Crippen MR) is 98.2 cm³/mol. The molecule has 0 aliphatic heterocycles. The maximum Gasteiger partial charge on any atom is 0.336 e. The van der Waals surface area contributed by atoms with Gasteiger partial charge >= 0.3 is 5.63 Å². The van der Waals surface area contributed by atoms with Crippen LogP contribution >= 0.6 is 0 Å². The maximum absolute atomic E-state index is 11.5. The maximum atomic E-state index is 11.5. The summed E-state index contributed by atoms with van der Waals surface area (Å²) in [5, 5.41) is 0.906. The molecule has 3 aromatic heterocycles. The summed E-state index contributed by atoms with van der Waals surface area (Å²) < 4.78 is 13.1. The first-order valence-electron chi connectivity index (χ1n) is 8.30. The summed E-state index contributed by atoms with van der Waals surface area (Å²) in [6.45, 7) is 2.97. The van der Waals surface area contributed by atoms with Crippen molar-refractivity contribution in [3.05, 3.63) is 77.0 Å². The van der Waals surface area contributed by atoms with Gasteiger partial charge in [-0.05, 0) is 36.8 Å². The lowest BCUT2D eigenvalue weighted by Gasteiger charge is -2.10. The van der Waals surface area contributed by atoms with Gasteiger partial charge in [-0.15, -0.1) is 0 Å². The summed E-state index contributed by atoms with van der Waals surface area (Å²) >= 11 is 0. The molecule has 0 saturated carbocycles. The van der Waals surface area contributed by atoms with Crippen molar-refractivity contribution in [3.8, 4) is 17.3 Å². The molecule has 0 bridgehead atoms. The molecule has 130 valence electrons. The van der Waals surface area contributed by atoms with Gasteiger partial charge in [0.15, 0.2) is 5.82 Å². The van der Waals surface area contributed by atoms with E-state index in [-0.39, 0.29) is 5.63 Å². The van der Waals surface area contributed by atoms with Crippen molar-refractivity contribution in [3.63, 3.8) is 0 Å². The Balaban J connectivity index is 1.48. The second-order valence-electron chi connectivity index (χ2n) is 5.91. The van der Waals surface area contributed by atoms with E-state index in [0.29, 0.717) is 24.5 Å². The number of nitrogens with zero attached hydrogens (tertiary/aromatic N) is 3. The Kier molecular flexibility index (Phi) is 4.23. The van der Waals surface area contributed by atoms with E-state index in [1.54, 1.807) is 18.5 Å². The smallest absolute Gasteiger partial charge is 0.336 e. The summed E-state index contributed by atoms with van der Waals surface area (Å²) in [6, 6.07) is 12.7. The normalized spacial score (nSPS) is 11.0. The zero-order valence-corrected chi connectivity index (χ0v) is 14.3. The van der Waals surface area contributed by atoms with Crippen molar-refractivity contribution in [1.82, 2.24) is 14.5 Å². The number of aryl methyl sites for hydroxylation is 1. The first kappa shape index (κ1) is 16.1. The van der Waals surface area contributed by atoms with Crippen LogP contribution in [0.25, 0.3) is 22.5 Å². The highest BCUT2D eigenvalue weighted by molar-refractivity contribution is 5.81. The largest absolute Gasteiger partial charge is 0.492 e. The van der Waals surface area contributed by atoms with Crippen LogP contribution in [-0.2, 0) is 6.54 Å². The molecule has 6 heteroatoms. The molecule has 0 unspecified atom stereocenters. The van der Waals surface area contributed by atoms with E-state index in [9.17, 15) is 4.79 Å². The highest BCUT2D eigenvalue weighted by Gasteiger charge is 2.07. The van der Waals surface area contributed by atoms with Gasteiger partial charge in [-0.1, -0.05) is 6.07 Å². The van der Waals surface area contributed by atoms with Crippen molar-refractivity contribution in [2.24, 2.45) is 0 Å². The molecule has 0 amide bonds. The summed E-state index contributed by atoms with van der Waals surface area (Å²) in [6.07, 6.45) is 5.39. The topological polar surface area (TPSA) is 70.2 Å². The standard InChI is InChI=1S/C20H17N3O3/c1-14-12-19(24)26-18-13-15(5-6-16(14)18)25-11-10-23-9-8-22-20(23)17-4-2-3-7-21-17/h2-9,12-13H,10-11H2,1H3. The fourth-order valence-corrected chi connectivity index (χ4v) is 2.87. The van der Waals surface area contributed by atoms with Gasteiger partial charge in [0.25, 0.3) is 0 Å². The quantitative estimate of drug-likeness (QED) is 0.517. The van der Waals surface area contributed by atoms with Gasteiger partial charge in [-0.2, -0.15) is 0 Å². The number of pyridine rings is 1. The van der Waals surface area contributed by atoms with Gasteiger partial charge in [-0.25, -0.2) is 9.78 Å². The van der Waals surface area contributed by atoms with Gasteiger partial charge in [0.2, 0.25) is 0 Å². The van der Waals surface area contributed by atoms with Crippen LogP contribution in [0, 0.1) is 6.92 Å². The SMILES string of the molecule is Cc1cc(=O)oc2cc(OCCn3ccnc3-c3ccccn3)ccc12. The van der Waals surface area contributed by atoms with Crippen LogP contribution < -0.4 is 10.4 Å². The highest BCUT2D eigenvalue weighted by atomic mass is 16.5. The first-order valence-corrected chi connectivity index (χ1v) is 8.30. The molecule has 0 saturated heterocycles. The molecule has 0 aliphatic rings. The fraction of sp³-hybridized carbons (Fsp3) is 0.150. The Bertz CT molecular complexity index is 1100. The highest BCUT2D eigenvalue weighted by Crippen LogP contribution is 2.22. The molecule has 0 radical (unpaired) electrons. The van der Waals surface area contributed by atoms with Gasteiger partial charge in [-0.3, -0.25) is 4.98 Å². The Labute approximate surface area is 149 Å².